The van der Waals surface area contributed by atoms with Gasteiger partial charge in [0.15, 0.2) is 0 Å². The molecule has 1 atom stereocenters. The van der Waals surface area contributed by atoms with Crippen molar-refractivity contribution in [1.29, 1.82) is 0 Å². The van der Waals surface area contributed by atoms with E-state index in [0.29, 0.717) is 12.0 Å². The van der Waals surface area contributed by atoms with Crippen molar-refractivity contribution in [2.45, 2.75) is 58.5 Å². The van der Waals surface area contributed by atoms with E-state index in [2.05, 4.69) is 15.0 Å². The first-order chi connectivity index (χ1) is 13.5. The number of hydrogen-bond donors (Lipinski definition) is 3. The summed E-state index contributed by atoms with van der Waals surface area (Å²) in [5, 5.41) is 2.70. The van der Waals surface area contributed by atoms with Crippen LogP contribution >= 0.6 is 0 Å². The number of aromatic nitrogens is 1. The fraction of sp³-hybridized carbons (Fsp3) is 0.429. The quantitative estimate of drug-likeness (QED) is 0.610. The van der Waals surface area contributed by atoms with Crippen molar-refractivity contribution in [3.63, 3.8) is 0 Å². The third-order valence-electron chi connectivity index (χ3n) is 4.59. The Morgan fingerprint density at radius 3 is 2.28 bits per heavy atom. The molecule has 158 valence electrons. The van der Waals surface area contributed by atoms with Crippen molar-refractivity contribution in [2.75, 3.05) is 0 Å². The fourth-order valence-electron chi connectivity index (χ4n) is 3.05. The lowest BCUT2D eigenvalue weighted by Gasteiger charge is -2.20. The van der Waals surface area contributed by atoms with Crippen LogP contribution in [0, 0.1) is 26.7 Å². The van der Waals surface area contributed by atoms with Crippen molar-refractivity contribution < 1.29 is 13.2 Å². The zero-order valence-corrected chi connectivity index (χ0v) is 18.3. The maximum absolute atomic E-state index is 12.8. The number of hydrogen-bond acceptors (Lipinski definition) is 4. The van der Waals surface area contributed by atoms with Crippen LogP contribution in [-0.4, -0.2) is 25.4 Å². The number of carbonyl (C=O) groups excluding carboxylic acids is 1. The molecule has 0 saturated heterocycles. The summed E-state index contributed by atoms with van der Waals surface area (Å²) in [6.45, 7) is 9.31. The number of carbonyl (C=O) groups is 1. The number of sulfonamides is 1. The van der Waals surface area contributed by atoms with Crippen molar-refractivity contribution in [3.8, 4) is 0 Å². The number of benzene rings is 1. The summed E-state index contributed by atoms with van der Waals surface area (Å²) >= 11 is 0. The van der Waals surface area contributed by atoms with E-state index in [-0.39, 0.29) is 22.9 Å². The van der Waals surface area contributed by atoms with E-state index in [1.807, 2.05) is 26.8 Å². The molecule has 3 N–H and O–H groups in total. The average Bonchev–Trinajstić information content (AvgIpc) is 2.59. The highest BCUT2D eigenvalue weighted by atomic mass is 32.2. The van der Waals surface area contributed by atoms with Crippen LogP contribution in [0.3, 0.4) is 0 Å². The van der Waals surface area contributed by atoms with Gasteiger partial charge >= 0.3 is 0 Å². The molecule has 0 spiro atoms. The van der Waals surface area contributed by atoms with Crippen molar-refractivity contribution in [1.82, 2.24) is 15.0 Å². The Morgan fingerprint density at radius 2 is 1.72 bits per heavy atom. The molecule has 0 aliphatic rings. The van der Waals surface area contributed by atoms with E-state index in [1.165, 1.54) is 12.1 Å². The lowest BCUT2D eigenvalue weighted by atomic mass is 10.0. The zero-order chi connectivity index (χ0) is 21.8. The Bertz CT molecular complexity index is 1020. The van der Waals surface area contributed by atoms with E-state index >= 15 is 0 Å². The predicted octanol–water partition coefficient (Wildman–Crippen LogP) is 2.31. The van der Waals surface area contributed by atoms with E-state index in [4.69, 9.17) is 0 Å². The number of aryl methyl sites for hydroxylation is 3. The van der Waals surface area contributed by atoms with Gasteiger partial charge in [0.25, 0.3) is 5.56 Å². The number of aromatic amines is 1. The molecule has 2 aromatic rings. The molecule has 0 saturated carbocycles. The minimum absolute atomic E-state index is 0.0289. The standard InChI is InChI=1S/C21H29N3O4S/c1-13(2)10-19(24-29(27,28)17-8-6-14(3)7-9-17)21(26)22-12-18-15(4)11-16(5)23-20(18)25/h6-9,11,13,19,24H,10,12H2,1-5H3,(H,22,26)(H,23,25)/t19-/m0/s1. The lowest BCUT2D eigenvalue weighted by molar-refractivity contribution is -0.123. The first-order valence-corrected chi connectivity index (χ1v) is 11.0. The maximum Gasteiger partial charge on any atom is 0.253 e. The summed E-state index contributed by atoms with van der Waals surface area (Å²) in [7, 11) is -3.85. The molecule has 2 rings (SSSR count). The van der Waals surface area contributed by atoms with Gasteiger partial charge in [-0.25, -0.2) is 8.42 Å². The molecule has 1 amide bonds. The largest absolute Gasteiger partial charge is 0.350 e. The molecule has 1 heterocycles. The molecular formula is C21H29N3O4S. The first-order valence-electron chi connectivity index (χ1n) is 9.55. The van der Waals surface area contributed by atoms with Gasteiger partial charge < -0.3 is 10.3 Å². The highest BCUT2D eigenvalue weighted by Gasteiger charge is 2.26. The number of amides is 1. The second-order valence-corrected chi connectivity index (χ2v) is 9.49. The zero-order valence-electron chi connectivity index (χ0n) is 17.5. The van der Waals surface area contributed by atoms with E-state index < -0.39 is 22.0 Å². The Labute approximate surface area is 172 Å². The Hall–Kier alpha value is -2.45. The van der Waals surface area contributed by atoms with Crippen LogP contribution in [0.4, 0.5) is 0 Å². The molecule has 7 nitrogen and oxygen atoms in total. The molecule has 0 unspecified atom stereocenters. The van der Waals surface area contributed by atoms with Crippen molar-refractivity contribution in [2.24, 2.45) is 5.92 Å². The van der Waals surface area contributed by atoms with E-state index in [1.54, 1.807) is 26.0 Å². The van der Waals surface area contributed by atoms with E-state index in [9.17, 15) is 18.0 Å². The summed E-state index contributed by atoms with van der Waals surface area (Å²) in [6, 6.07) is 7.33. The smallest absolute Gasteiger partial charge is 0.253 e. The van der Waals surface area contributed by atoms with E-state index in [0.717, 1.165) is 16.8 Å². The van der Waals surface area contributed by atoms with Gasteiger partial charge in [0.05, 0.1) is 4.90 Å². The van der Waals surface area contributed by atoms with Gasteiger partial charge in [0, 0.05) is 17.8 Å². The molecule has 0 aliphatic carbocycles. The van der Waals surface area contributed by atoms with Crippen LogP contribution in [0.25, 0.3) is 0 Å². The molecule has 29 heavy (non-hydrogen) atoms. The summed E-state index contributed by atoms with van der Waals surface area (Å²) in [6.07, 6.45) is 0.333. The van der Waals surface area contributed by atoms with Crippen LogP contribution in [0.5, 0.6) is 0 Å². The van der Waals surface area contributed by atoms with Gasteiger partial charge in [-0.3, -0.25) is 9.59 Å². The average molecular weight is 420 g/mol. The molecule has 0 aliphatic heterocycles. The molecular weight excluding hydrogens is 390 g/mol. The number of rotatable bonds is 8. The maximum atomic E-state index is 12.8. The highest BCUT2D eigenvalue weighted by Crippen LogP contribution is 2.14. The SMILES string of the molecule is Cc1ccc(S(=O)(=O)N[C@@H](CC(C)C)C(=O)NCc2c(C)cc(C)[nH]c2=O)cc1. The molecule has 0 bridgehead atoms. The van der Waals surface area contributed by atoms with Crippen LogP contribution < -0.4 is 15.6 Å². The summed E-state index contributed by atoms with van der Waals surface area (Å²) in [5.41, 5.74) is 2.65. The summed E-state index contributed by atoms with van der Waals surface area (Å²) in [4.78, 5) is 27.7. The van der Waals surface area contributed by atoms with Gasteiger partial charge in [-0.1, -0.05) is 31.5 Å². The molecule has 1 aromatic carbocycles. The van der Waals surface area contributed by atoms with Crippen LogP contribution in [-0.2, 0) is 21.4 Å². The van der Waals surface area contributed by atoms with Crippen molar-refractivity contribution >= 4 is 15.9 Å². The van der Waals surface area contributed by atoms with Crippen molar-refractivity contribution in [3.05, 3.63) is 63.1 Å². The Balaban J connectivity index is 2.18. The van der Waals surface area contributed by atoms with Gasteiger partial charge in [0.2, 0.25) is 15.9 Å². The van der Waals surface area contributed by atoms with Gasteiger partial charge in [-0.05, 0) is 56.9 Å². The van der Waals surface area contributed by atoms with Crippen LogP contribution in [0.1, 0.15) is 42.7 Å². The fourth-order valence-corrected chi connectivity index (χ4v) is 4.26. The summed E-state index contributed by atoms with van der Waals surface area (Å²) in [5.74, 6) is -0.371. The molecule has 8 heteroatoms. The number of H-pyrrole nitrogens is 1. The van der Waals surface area contributed by atoms with Gasteiger partial charge in [-0.15, -0.1) is 0 Å². The van der Waals surface area contributed by atoms with Crippen LogP contribution in [0.2, 0.25) is 0 Å². The number of pyridine rings is 1. The molecule has 0 fully saturated rings. The van der Waals surface area contributed by atoms with Gasteiger partial charge in [-0.2, -0.15) is 4.72 Å². The lowest BCUT2D eigenvalue weighted by Crippen LogP contribution is -2.47. The summed E-state index contributed by atoms with van der Waals surface area (Å²) < 4.78 is 27.9. The second kappa shape index (κ2) is 9.37. The first kappa shape index (κ1) is 22.8. The Morgan fingerprint density at radius 1 is 1.10 bits per heavy atom. The second-order valence-electron chi connectivity index (χ2n) is 7.78. The normalized spacial score (nSPS) is 12.8. The highest BCUT2D eigenvalue weighted by molar-refractivity contribution is 7.89. The minimum atomic E-state index is -3.85. The third-order valence-corrected chi connectivity index (χ3v) is 6.07. The number of nitrogens with one attached hydrogen (secondary N) is 3. The third kappa shape index (κ3) is 6.27. The molecule has 0 radical (unpaired) electrons. The monoisotopic (exact) mass is 419 g/mol. The Kier molecular flexibility index (Phi) is 7.37. The molecule has 1 aromatic heterocycles. The van der Waals surface area contributed by atoms with Gasteiger partial charge in [0.1, 0.15) is 6.04 Å². The van der Waals surface area contributed by atoms with Crippen LogP contribution in [0.15, 0.2) is 40.0 Å². The minimum Gasteiger partial charge on any atom is -0.350 e. The predicted molar refractivity (Wildman–Crippen MR) is 113 cm³/mol. The topological polar surface area (TPSA) is 108 Å².